The second kappa shape index (κ2) is 66.6. The molecule has 0 saturated heterocycles. The first-order valence-corrected chi connectivity index (χ1v) is 4.68. The van der Waals surface area contributed by atoms with E-state index in [1.807, 2.05) is 6.92 Å². The zero-order chi connectivity index (χ0) is 15.1. The zero-order valence-electron chi connectivity index (χ0n) is 11.2. The maximum atomic E-state index is 7.32. The summed E-state index contributed by atoms with van der Waals surface area (Å²) in [5, 5.41) is 29.3. The largest absolute Gasteiger partial charge is 0.316 e. The van der Waals surface area contributed by atoms with Crippen molar-refractivity contribution in [2.45, 2.75) is 47.2 Å². The lowest BCUT2D eigenvalue weighted by atomic mass is 10.4. The number of hydrogen-bond acceptors (Lipinski definition) is 6. The van der Waals surface area contributed by atoms with Gasteiger partial charge in [-0.05, 0) is 6.42 Å². The molecular weight excluding hydrogens is 216 g/mol. The van der Waals surface area contributed by atoms with Gasteiger partial charge in [-0.25, -0.2) is 0 Å². The molecule has 0 aliphatic heterocycles. The maximum Gasteiger partial charge on any atom is 0.0587 e. The average molecular weight is 238 g/mol. The van der Waals surface area contributed by atoms with E-state index < -0.39 is 0 Å². The summed E-state index contributed by atoms with van der Waals surface area (Å²) >= 11 is 0. The fourth-order valence-electron chi connectivity index (χ4n) is 0. The Balaban J connectivity index is -0.0000000362. The molecule has 0 aromatic carbocycles. The Labute approximate surface area is 105 Å². The van der Waals surface area contributed by atoms with Crippen LogP contribution in [-0.2, 0) is 0 Å². The summed E-state index contributed by atoms with van der Waals surface area (Å²) in [4.78, 5) is 0. The molecule has 0 bridgehead atoms. The molecule has 0 unspecified atom stereocenters. The third kappa shape index (κ3) is 136000. The minimum absolute atomic E-state index is 0.116. The standard InChI is InChI=1S/C3H10N2.4C2H3N/c1-2-3(4)5;4*1-2-3/h3H,2,4-5H2,1H3;4*1H3. The highest BCUT2D eigenvalue weighted by Crippen LogP contribution is 1.68. The van der Waals surface area contributed by atoms with E-state index in [1.54, 1.807) is 24.3 Å². The minimum atomic E-state index is -0.116. The van der Waals surface area contributed by atoms with Gasteiger partial charge in [-0.1, -0.05) is 6.92 Å². The van der Waals surface area contributed by atoms with Crippen LogP contribution < -0.4 is 11.5 Å². The molecule has 0 aliphatic carbocycles. The molecule has 0 saturated carbocycles. The van der Waals surface area contributed by atoms with E-state index in [0.717, 1.165) is 6.42 Å². The molecule has 6 nitrogen and oxygen atoms in total. The van der Waals surface area contributed by atoms with Crippen molar-refractivity contribution in [1.29, 1.82) is 21.0 Å². The van der Waals surface area contributed by atoms with Crippen molar-refractivity contribution >= 4 is 0 Å². The second-order valence-electron chi connectivity index (χ2n) is 1.97. The van der Waals surface area contributed by atoms with E-state index in [9.17, 15) is 0 Å². The Kier molecular flexibility index (Phi) is 115. The van der Waals surface area contributed by atoms with E-state index in [4.69, 9.17) is 32.5 Å². The van der Waals surface area contributed by atoms with E-state index in [2.05, 4.69) is 0 Å². The van der Waals surface area contributed by atoms with Gasteiger partial charge < -0.3 is 11.5 Å². The summed E-state index contributed by atoms with van der Waals surface area (Å²) < 4.78 is 0. The van der Waals surface area contributed by atoms with Crippen molar-refractivity contribution in [1.82, 2.24) is 0 Å². The highest BCUT2D eigenvalue weighted by atomic mass is 14.8. The van der Waals surface area contributed by atoms with E-state index in [0.29, 0.717) is 0 Å². The minimum Gasteiger partial charge on any atom is -0.316 e. The zero-order valence-corrected chi connectivity index (χ0v) is 11.2. The summed E-state index contributed by atoms with van der Waals surface area (Å²) in [6.45, 7) is 7.67. The lowest BCUT2D eigenvalue weighted by Gasteiger charge is -1.92. The van der Waals surface area contributed by atoms with Crippen molar-refractivity contribution in [3.8, 4) is 24.3 Å². The molecular formula is C11H22N6. The van der Waals surface area contributed by atoms with Crippen molar-refractivity contribution in [2.75, 3.05) is 0 Å². The van der Waals surface area contributed by atoms with Gasteiger partial charge in [0.05, 0.1) is 30.4 Å². The molecule has 96 valence electrons. The van der Waals surface area contributed by atoms with Gasteiger partial charge in [0.25, 0.3) is 0 Å². The van der Waals surface area contributed by atoms with Crippen LogP contribution in [0.1, 0.15) is 41.0 Å². The molecule has 0 heterocycles. The fourth-order valence-corrected chi connectivity index (χ4v) is 0. The van der Waals surface area contributed by atoms with E-state index >= 15 is 0 Å². The van der Waals surface area contributed by atoms with Crippen molar-refractivity contribution in [3.05, 3.63) is 0 Å². The van der Waals surface area contributed by atoms with Crippen LogP contribution in [-0.4, -0.2) is 6.17 Å². The smallest absolute Gasteiger partial charge is 0.0587 e. The molecule has 0 rings (SSSR count). The summed E-state index contributed by atoms with van der Waals surface area (Å²) in [5.74, 6) is 0. The predicted octanol–water partition coefficient (Wildman–Crippen LogP) is 1.76. The topological polar surface area (TPSA) is 147 Å². The SMILES string of the molecule is CC#N.CC#N.CC#N.CC#N.CCC(N)N. The highest BCUT2D eigenvalue weighted by molar-refractivity contribution is 4.51. The number of rotatable bonds is 1. The first-order valence-electron chi connectivity index (χ1n) is 4.68. The number of nitriles is 4. The van der Waals surface area contributed by atoms with Gasteiger partial charge in [0.15, 0.2) is 0 Å². The Morgan fingerprint density at radius 3 is 0.824 bits per heavy atom. The van der Waals surface area contributed by atoms with Crippen molar-refractivity contribution in [2.24, 2.45) is 11.5 Å². The monoisotopic (exact) mass is 238 g/mol. The van der Waals surface area contributed by atoms with Crippen LogP contribution in [0.2, 0.25) is 0 Å². The van der Waals surface area contributed by atoms with Gasteiger partial charge in [0, 0.05) is 27.7 Å². The second-order valence-corrected chi connectivity index (χ2v) is 1.97. The van der Waals surface area contributed by atoms with Crippen molar-refractivity contribution in [3.63, 3.8) is 0 Å². The molecule has 0 fully saturated rings. The molecule has 17 heavy (non-hydrogen) atoms. The maximum absolute atomic E-state index is 7.32. The molecule has 0 aromatic heterocycles. The molecule has 0 amide bonds. The normalized spacial score (nSPS) is 4.71. The molecule has 6 heteroatoms. The van der Waals surface area contributed by atoms with Gasteiger partial charge in [0.1, 0.15) is 0 Å². The van der Waals surface area contributed by atoms with Gasteiger partial charge in [-0.3, -0.25) is 0 Å². The Hall–Kier alpha value is -2.12. The number of nitrogens with two attached hydrogens (primary N) is 2. The number of hydrogen-bond donors (Lipinski definition) is 2. The quantitative estimate of drug-likeness (QED) is 0.665. The first kappa shape index (κ1) is 29.4. The summed E-state index contributed by atoms with van der Waals surface area (Å²) in [7, 11) is 0. The highest BCUT2D eigenvalue weighted by Gasteiger charge is 1.79. The van der Waals surface area contributed by atoms with Crippen LogP contribution in [0.5, 0.6) is 0 Å². The van der Waals surface area contributed by atoms with Crippen molar-refractivity contribution < 1.29 is 0 Å². The van der Waals surface area contributed by atoms with Crippen LogP contribution in [0.25, 0.3) is 0 Å². The third-order valence-electron chi connectivity index (χ3n) is 0.471. The lowest BCUT2D eigenvalue weighted by Crippen LogP contribution is -2.28. The van der Waals surface area contributed by atoms with Gasteiger partial charge >= 0.3 is 0 Å². The van der Waals surface area contributed by atoms with Crippen LogP contribution in [0.15, 0.2) is 0 Å². The molecule has 0 aliphatic rings. The number of nitrogens with zero attached hydrogens (tertiary/aromatic N) is 4. The van der Waals surface area contributed by atoms with Gasteiger partial charge in [-0.2, -0.15) is 21.0 Å². The summed E-state index contributed by atoms with van der Waals surface area (Å²) in [6.07, 6.45) is 0.745. The molecule has 0 radical (unpaired) electrons. The molecule has 0 atom stereocenters. The first-order chi connectivity index (χ1) is 7.93. The Morgan fingerprint density at radius 2 is 0.824 bits per heavy atom. The molecule has 4 N–H and O–H groups in total. The van der Waals surface area contributed by atoms with Crippen LogP contribution in [0, 0.1) is 45.3 Å². The average Bonchev–Trinajstić information content (AvgIpc) is 2.22. The molecule has 0 spiro atoms. The van der Waals surface area contributed by atoms with E-state index in [1.165, 1.54) is 27.7 Å². The summed E-state index contributed by atoms with van der Waals surface area (Å²) in [5.41, 5.74) is 10.1. The van der Waals surface area contributed by atoms with Gasteiger partial charge in [-0.15, -0.1) is 0 Å². The third-order valence-corrected chi connectivity index (χ3v) is 0.471. The van der Waals surface area contributed by atoms with Crippen LogP contribution >= 0.6 is 0 Å². The predicted molar refractivity (Wildman–Crippen MR) is 67.6 cm³/mol. The Morgan fingerprint density at radius 1 is 0.765 bits per heavy atom. The fraction of sp³-hybridized carbons (Fsp3) is 0.636. The lowest BCUT2D eigenvalue weighted by molar-refractivity contribution is 0.682. The molecule has 0 aromatic rings. The van der Waals surface area contributed by atoms with Crippen LogP contribution in [0.4, 0.5) is 0 Å². The van der Waals surface area contributed by atoms with Gasteiger partial charge in [0.2, 0.25) is 0 Å². The summed E-state index contributed by atoms with van der Waals surface area (Å²) in [6, 6.07) is 7.00. The Bertz CT molecular complexity index is 197. The van der Waals surface area contributed by atoms with Crippen LogP contribution in [0.3, 0.4) is 0 Å². The van der Waals surface area contributed by atoms with E-state index in [-0.39, 0.29) is 6.17 Å².